The van der Waals surface area contributed by atoms with Crippen LogP contribution in [-0.4, -0.2) is 62.7 Å². The second-order valence-electron chi connectivity index (χ2n) is 6.45. The van der Waals surface area contributed by atoms with Gasteiger partial charge in [-0.1, -0.05) is 6.42 Å². The molecule has 2 aliphatic rings. The second-order valence-corrected chi connectivity index (χ2v) is 6.45. The summed E-state index contributed by atoms with van der Waals surface area (Å²) in [5, 5.41) is 6.75. The Labute approximate surface area is 156 Å². The van der Waals surface area contributed by atoms with Gasteiger partial charge in [-0.3, -0.25) is 4.79 Å². The summed E-state index contributed by atoms with van der Waals surface area (Å²) >= 11 is 0. The lowest BCUT2D eigenvalue weighted by molar-refractivity contribution is -0.168. The fraction of sp³-hybridized carbons (Fsp3) is 0.875. The molecule has 0 heterocycles. The molecule has 6 nitrogen and oxygen atoms in total. The molecule has 2 rings (SSSR count). The van der Waals surface area contributed by atoms with Gasteiger partial charge in [0.05, 0.1) is 6.10 Å². The maximum absolute atomic E-state index is 11.7. The number of halogens is 1. The monoisotopic (exact) mass is 438 g/mol. The number of nitrogens with one attached hydrogen (secondary N) is 2. The standard InChI is InChI=1S/C16H30N4O2.HI/c1-5-17-15(18-11-14(21)20(3)4)19-12-10-13(22-6-2)16(12)8-7-9-16;/h12-13H,5-11H2,1-4H3,(H2,17,18,19);1H. The minimum absolute atomic E-state index is 0. The first-order valence-corrected chi connectivity index (χ1v) is 8.40. The highest BCUT2D eigenvalue weighted by molar-refractivity contribution is 14.0. The zero-order valence-electron chi connectivity index (χ0n) is 14.7. The summed E-state index contributed by atoms with van der Waals surface area (Å²) in [7, 11) is 3.50. The molecule has 2 fully saturated rings. The molecule has 2 saturated carbocycles. The summed E-state index contributed by atoms with van der Waals surface area (Å²) in [5.74, 6) is 0.750. The number of carbonyl (C=O) groups is 1. The SMILES string of the molecule is CCNC(=NCC(=O)N(C)C)NC1CC(OCC)C12CCC2.I. The Morgan fingerprint density at radius 3 is 2.52 bits per heavy atom. The molecule has 0 aromatic carbocycles. The van der Waals surface area contributed by atoms with Crippen molar-refractivity contribution in [3.05, 3.63) is 0 Å². The number of rotatable bonds is 6. The van der Waals surface area contributed by atoms with Crippen molar-refractivity contribution in [2.24, 2.45) is 10.4 Å². The van der Waals surface area contributed by atoms with E-state index in [0.717, 1.165) is 25.5 Å². The van der Waals surface area contributed by atoms with E-state index in [1.165, 1.54) is 19.3 Å². The molecule has 0 aromatic rings. The number of carbonyl (C=O) groups excluding carboxylic acids is 1. The molecule has 7 heteroatoms. The van der Waals surface area contributed by atoms with Crippen molar-refractivity contribution in [2.75, 3.05) is 33.8 Å². The van der Waals surface area contributed by atoms with Crippen LogP contribution in [0.1, 0.15) is 39.5 Å². The summed E-state index contributed by atoms with van der Waals surface area (Å²) in [6.07, 6.45) is 5.15. The van der Waals surface area contributed by atoms with Crippen molar-refractivity contribution in [1.82, 2.24) is 15.5 Å². The fourth-order valence-electron chi connectivity index (χ4n) is 3.41. The van der Waals surface area contributed by atoms with Crippen LogP contribution in [0.4, 0.5) is 0 Å². The van der Waals surface area contributed by atoms with Gasteiger partial charge in [0.15, 0.2) is 5.96 Å². The van der Waals surface area contributed by atoms with E-state index in [-0.39, 0.29) is 41.8 Å². The molecule has 0 bridgehead atoms. The third-order valence-electron chi connectivity index (χ3n) is 4.96. The average molecular weight is 438 g/mol. The third-order valence-corrected chi connectivity index (χ3v) is 4.96. The Morgan fingerprint density at radius 2 is 2.04 bits per heavy atom. The Bertz CT molecular complexity index is 424. The van der Waals surface area contributed by atoms with Gasteiger partial charge >= 0.3 is 0 Å². The van der Waals surface area contributed by atoms with Gasteiger partial charge in [-0.2, -0.15) is 0 Å². The number of hydrogen-bond acceptors (Lipinski definition) is 3. The Balaban J connectivity index is 0.00000264. The van der Waals surface area contributed by atoms with E-state index < -0.39 is 0 Å². The molecule has 0 radical (unpaired) electrons. The predicted octanol–water partition coefficient (Wildman–Crippen LogP) is 1.60. The maximum atomic E-state index is 11.7. The largest absolute Gasteiger partial charge is 0.378 e. The fourth-order valence-corrected chi connectivity index (χ4v) is 3.41. The van der Waals surface area contributed by atoms with Gasteiger partial charge in [-0.05, 0) is 33.1 Å². The second kappa shape index (κ2) is 9.05. The number of guanidine groups is 1. The summed E-state index contributed by atoms with van der Waals surface area (Å²) in [6, 6.07) is 0.407. The van der Waals surface area contributed by atoms with E-state index in [2.05, 4.69) is 22.5 Å². The van der Waals surface area contributed by atoms with E-state index in [0.29, 0.717) is 12.1 Å². The number of nitrogens with zero attached hydrogens (tertiary/aromatic N) is 2. The van der Waals surface area contributed by atoms with Crippen molar-refractivity contribution in [1.29, 1.82) is 0 Å². The summed E-state index contributed by atoms with van der Waals surface area (Å²) in [6.45, 7) is 5.84. The van der Waals surface area contributed by atoms with Crippen LogP contribution in [0.5, 0.6) is 0 Å². The quantitative estimate of drug-likeness (QED) is 0.376. The van der Waals surface area contributed by atoms with Crippen molar-refractivity contribution >= 4 is 35.8 Å². The third kappa shape index (κ3) is 4.49. The summed E-state index contributed by atoms with van der Waals surface area (Å²) in [5.41, 5.74) is 0.289. The molecular formula is C16H31IN4O2. The highest BCUT2D eigenvalue weighted by Crippen LogP contribution is 2.57. The van der Waals surface area contributed by atoms with E-state index in [4.69, 9.17) is 4.74 Å². The van der Waals surface area contributed by atoms with Gasteiger partial charge in [0.25, 0.3) is 0 Å². The number of hydrogen-bond donors (Lipinski definition) is 2. The zero-order chi connectivity index (χ0) is 16.2. The Kier molecular flexibility index (Phi) is 8.06. The molecule has 0 aliphatic heterocycles. The number of aliphatic imine (C=N–C) groups is 1. The van der Waals surface area contributed by atoms with Crippen LogP contribution in [0.25, 0.3) is 0 Å². The molecule has 1 spiro atoms. The van der Waals surface area contributed by atoms with Crippen LogP contribution in [0.3, 0.4) is 0 Å². The van der Waals surface area contributed by atoms with Gasteiger partial charge < -0.3 is 20.3 Å². The predicted molar refractivity (Wildman–Crippen MR) is 103 cm³/mol. The highest BCUT2D eigenvalue weighted by Gasteiger charge is 2.59. The molecule has 2 aliphatic carbocycles. The van der Waals surface area contributed by atoms with Crippen LogP contribution in [0, 0.1) is 5.41 Å². The van der Waals surface area contributed by atoms with E-state index >= 15 is 0 Å². The first-order valence-electron chi connectivity index (χ1n) is 8.40. The van der Waals surface area contributed by atoms with Gasteiger partial charge in [0.2, 0.25) is 5.91 Å². The molecular weight excluding hydrogens is 407 g/mol. The summed E-state index contributed by atoms with van der Waals surface area (Å²) < 4.78 is 5.88. The molecule has 23 heavy (non-hydrogen) atoms. The molecule has 134 valence electrons. The lowest BCUT2D eigenvalue weighted by Gasteiger charge is -2.61. The Hall–Kier alpha value is -0.570. The maximum Gasteiger partial charge on any atom is 0.243 e. The van der Waals surface area contributed by atoms with Crippen LogP contribution < -0.4 is 10.6 Å². The Morgan fingerprint density at radius 1 is 1.35 bits per heavy atom. The first kappa shape index (κ1) is 20.5. The van der Waals surface area contributed by atoms with Gasteiger partial charge in [-0.15, -0.1) is 24.0 Å². The van der Waals surface area contributed by atoms with Crippen molar-refractivity contribution < 1.29 is 9.53 Å². The van der Waals surface area contributed by atoms with Gasteiger partial charge in [0, 0.05) is 38.7 Å². The van der Waals surface area contributed by atoms with Crippen molar-refractivity contribution in [3.8, 4) is 0 Å². The minimum Gasteiger partial charge on any atom is -0.378 e. The molecule has 2 unspecified atom stereocenters. The number of ether oxygens (including phenoxy) is 1. The first-order chi connectivity index (χ1) is 10.5. The van der Waals surface area contributed by atoms with Crippen LogP contribution in [0.2, 0.25) is 0 Å². The molecule has 1 amide bonds. The van der Waals surface area contributed by atoms with Crippen molar-refractivity contribution in [3.63, 3.8) is 0 Å². The summed E-state index contributed by atoms with van der Waals surface area (Å²) in [4.78, 5) is 17.7. The average Bonchev–Trinajstić information content (AvgIpc) is 2.41. The van der Waals surface area contributed by atoms with Crippen molar-refractivity contribution in [2.45, 2.75) is 51.7 Å². The molecule has 0 saturated heterocycles. The lowest BCUT2D eigenvalue weighted by atomic mass is 9.51. The molecule has 0 aromatic heterocycles. The van der Waals surface area contributed by atoms with Crippen LogP contribution in [0.15, 0.2) is 4.99 Å². The van der Waals surface area contributed by atoms with E-state index in [9.17, 15) is 4.79 Å². The number of likely N-dealkylation sites (N-methyl/N-ethyl adjacent to an activating group) is 1. The van der Waals surface area contributed by atoms with Crippen LogP contribution >= 0.6 is 24.0 Å². The van der Waals surface area contributed by atoms with E-state index in [1.54, 1.807) is 19.0 Å². The topological polar surface area (TPSA) is 66.0 Å². The smallest absolute Gasteiger partial charge is 0.243 e. The van der Waals surface area contributed by atoms with Gasteiger partial charge in [-0.25, -0.2) is 4.99 Å². The van der Waals surface area contributed by atoms with E-state index in [1.807, 2.05) is 6.92 Å². The molecule has 2 N–H and O–H groups in total. The zero-order valence-corrected chi connectivity index (χ0v) is 17.1. The lowest BCUT2D eigenvalue weighted by Crippen LogP contribution is -2.68. The number of amides is 1. The normalized spacial score (nSPS) is 25.0. The molecule has 2 atom stereocenters. The highest BCUT2D eigenvalue weighted by atomic mass is 127. The minimum atomic E-state index is 0. The van der Waals surface area contributed by atoms with Gasteiger partial charge in [0.1, 0.15) is 6.54 Å². The van der Waals surface area contributed by atoms with Crippen LogP contribution in [-0.2, 0) is 9.53 Å².